The number of hydrogen-bond acceptors (Lipinski definition) is 3. The summed E-state index contributed by atoms with van der Waals surface area (Å²) in [5.41, 5.74) is 1.23. The minimum Gasteiger partial charge on any atom is -0.478 e. The molecule has 0 aliphatic carbocycles. The smallest absolute Gasteiger partial charge is 0.336 e. The van der Waals surface area contributed by atoms with Crippen LogP contribution in [0.15, 0.2) is 30.5 Å². The van der Waals surface area contributed by atoms with E-state index in [1.54, 1.807) is 19.1 Å². The number of carbonyl (C=O) groups excluding carboxylic acids is 1. The number of hydrogen-bond donors (Lipinski definition) is 2. The van der Waals surface area contributed by atoms with Gasteiger partial charge >= 0.3 is 5.97 Å². The number of pyridine rings is 1. The van der Waals surface area contributed by atoms with Crippen LogP contribution in [0.1, 0.15) is 26.3 Å². The van der Waals surface area contributed by atoms with Crippen LogP contribution in [0.2, 0.25) is 10.2 Å². The topological polar surface area (TPSA) is 79.3 Å². The van der Waals surface area contributed by atoms with Crippen LogP contribution in [0.5, 0.6) is 0 Å². The second-order valence-electron chi connectivity index (χ2n) is 4.28. The van der Waals surface area contributed by atoms with E-state index in [0.717, 1.165) is 0 Å². The van der Waals surface area contributed by atoms with Gasteiger partial charge in [-0.1, -0.05) is 29.3 Å². The number of carbonyl (C=O) groups is 2. The molecule has 0 atom stereocenters. The molecule has 5 nitrogen and oxygen atoms in total. The average molecular weight is 325 g/mol. The average Bonchev–Trinajstić information content (AvgIpc) is 2.43. The Bertz CT molecular complexity index is 732. The van der Waals surface area contributed by atoms with E-state index in [9.17, 15) is 9.59 Å². The van der Waals surface area contributed by atoms with E-state index >= 15 is 0 Å². The molecule has 0 unspecified atom stereocenters. The van der Waals surface area contributed by atoms with Crippen LogP contribution in [-0.2, 0) is 0 Å². The van der Waals surface area contributed by atoms with E-state index < -0.39 is 11.9 Å². The van der Waals surface area contributed by atoms with Crippen molar-refractivity contribution in [3.8, 4) is 0 Å². The molecule has 2 rings (SSSR count). The molecule has 1 amide bonds. The molecule has 2 aromatic rings. The van der Waals surface area contributed by atoms with Crippen LogP contribution in [0.25, 0.3) is 0 Å². The number of rotatable bonds is 3. The molecular weight excluding hydrogens is 315 g/mol. The summed E-state index contributed by atoms with van der Waals surface area (Å²) in [6, 6.07) is 5.94. The molecule has 7 heteroatoms. The van der Waals surface area contributed by atoms with Gasteiger partial charge in [-0.15, -0.1) is 0 Å². The number of aromatic carboxylic acids is 1. The first-order chi connectivity index (χ1) is 9.88. The number of amides is 1. The minimum absolute atomic E-state index is 0.117. The Labute approximate surface area is 130 Å². The van der Waals surface area contributed by atoms with Gasteiger partial charge in [0.25, 0.3) is 5.91 Å². The number of nitrogens with one attached hydrogen (secondary N) is 1. The number of aryl methyl sites for hydroxylation is 1. The molecule has 1 heterocycles. The maximum absolute atomic E-state index is 12.1. The third kappa shape index (κ3) is 3.51. The fraction of sp³-hybridized carbons (Fsp3) is 0.0714. The van der Waals surface area contributed by atoms with Crippen molar-refractivity contribution in [1.82, 2.24) is 4.98 Å². The summed E-state index contributed by atoms with van der Waals surface area (Å²) in [5, 5.41) is 11.9. The summed E-state index contributed by atoms with van der Waals surface area (Å²) in [6.07, 6.45) is 1.27. The van der Waals surface area contributed by atoms with Crippen molar-refractivity contribution >= 4 is 40.8 Å². The molecule has 1 aromatic carbocycles. The largest absolute Gasteiger partial charge is 0.478 e. The van der Waals surface area contributed by atoms with Crippen LogP contribution in [0, 0.1) is 6.92 Å². The molecule has 0 saturated heterocycles. The SMILES string of the molecule is Cc1ccc(NC(=O)c2cc(Cl)ncc2Cl)cc1C(=O)O. The van der Waals surface area contributed by atoms with E-state index in [0.29, 0.717) is 11.3 Å². The summed E-state index contributed by atoms with van der Waals surface area (Å²) in [4.78, 5) is 26.9. The predicted octanol–water partition coefficient (Wildman–Crippen LogP) is 3.65. The van der Waals surface area contributed by atoms with Gasteiger partial charge < -0.3 is 10.4 Å². The zero-order chi connectivity index (χ0) is 15.6. The van der Waals surface area contributed by atoms with Gasteiger partial charge in [-0.05, 0) is 30.7 Å². The van der Waals surface area contributed by atoms with Crippen molar-refractivity contribution in [3.63, 3.8) is 0 Å². The molecule has 1 aromatic heterocycles. The van der Waals surface area contributed by atoms with Crippen LogP contribution < -0.4 is 5.32 Å². The van der Waals surface area contributed by atoms with Crippen molar-refractivity contribution in [3.05, 3.63) is 57.3 Å². The van der Waals surface area contributed by atoms with E-state index in [1.807, 2.05) is 0 Å². The monoisotopic (exact) mass is 324 g/mol. The fourth-order valence-corrected chi connectivity index (χ4v) is 2.06. The van der Waals surface area contributed by atoms with Gasteiger partial charge in [0, 0.05) is 11.9 Å². The second-order valence-corrected chi connectivity index (χ2v) is 5.07. The molecule has 0 saturated carbocycles. The summed E-state index contributed by atoms with van der Waals surface area (Å²) in [5.74, 6) is -1.56. The van der Waals surface area contributed by atoms with Gasteiger partial charge in [-0.25, -0.2) is 9.78 Å². The van der Waals surface area contributed by atoms with Crippen molar-refractivity contribution in [2.24, 2.45) is 0 Å². The molecular formula is C14H10Cl2N2O3. The Balaban J connectivity index is 2.29. The molecule has 2 N–H and O–H groups in total. The van der Waals surface area contributed by atoms with Gasteiger partial charge in [0.05, 0.1) is 16.1 Å². The molecule has 0 aliphatic rings. The Kier molecular flexibility index (Phi) is 4.45. The van der Waals surface area contributed by atoms with Gasteiger partial charge in [0.1, 0.15) is 5.15 Å². The number of benzene rings is 1. The van der Waals surface area contributed by atoms with Gasteiger partial charge in [0.2, 0.25) is 0 Å². The lowest BCUT2D eigenvalue weighted by molar-refractivity contribution is 0.0695. The van der Waals surface area contributed by atoms with Crippen LogP contribution in [0.4, 0.5) is 5.69 Å². The number of carboxylic acids is 1. The lowest BCUT2D eigenvalue weighted by atomic mass is 10.1. The molecule has 0 fully saturated rings. The molecule has 0 aliphatic heterocycles. The third-order valence-corrected chi connectivity index (χ3v) is 3.30. The highest BCUT2D eigenvalue weighted by Crippen LogP contribution is 2.21. The normalized spacial score (nSPS) is 10.2. The van der Waals surface area contributed by atoms with Crippen molar-refractivity contribution in [1.29, 1.82) is 0 Å². The first kappa shape index (κ1) is 15.3. The van der Waals surface area contributed by atoms with Crippen LogP contribution in [0.3, 0.4) is 0 Å². The van der Waals surface area contributed by atoms with Crippen LogP contribution in [-0.4, -0.2) is 22.0 Å². The quantitative estimate of drug-likeness (QED) is 0.844. The molecule has 0 spiro atoms. The van der Waals surface area contributed by atoms with Crippen molar-refractivity contribution in [2.75, 3.05) is 5.32 Å². The second kappa shape index (κ2) is 6.11. The molecule has 0 radical (unpaired) electrons. The Morgan fingerprint density at radius 1 is 1.19 bits per heavy atom. The Morgan fingerprint density at radius 2 is 1.90 bits per heavy atom. The van der Waals surface area contributed by atoms with Crippen molar-refractivity contribution < 1.29 is 14.7 Å². The highest BCUT2D eigenvalue weighted by molar-refractivity contribution is 6.35. The molecule has 0 bridgehead atoms. The number of carboxylic acid groups (broad SMARTS) is 1. The van der Waals surface area contributed by atoms with E-state index in [2.05, 4.69) is 10.3 Å². The number of nitrogens with zero attached hydrogens (tertiary/aromatic N) is 1. The number of anilines is 1. The predicted molar refractivity (Wildman–Crippen MR) is 80.3 cm³/mol. The summed E-state index contributed by atoms with van der Waals surface area (Å²) >= 11 is 11.6. The lowest BCUT2D eigenvalue weighted by Gasteiger charge is -2.09. The van der Waals surface area contributed by atoms with Gasteiger partial charge in [-0.2, -0.15) is 0 Å². The molecule has 108 valence electrons. The first-order valence-electron chi connectivity index (χ1n) is 5.85. The minimum atomic E-state index is -1.06. The summed E-state index contributed by atoms with van der Waals surface area (Å²) in [6.45, 7) is 1.68. The van der Waals surface area contributed by atoms with E-state index in [-0.39, 0.29) is 21.3 Å². The zero-order valence-electron chi connectivity index (χ0n) is 10.9. The summed E-state index contributed by atoms with van der Waals surface area (Å²) in [7, 11) is 0. The Hall–Kier alpha value is -2.11. The summed E-state index contributed by atoms with van der Waals surface area (Å²) < 4.78 is 0. The molecule has 21 heavy (non-hydrogen) atoms. The first-order valence-corrected chi connectivity index (χ1v) is 6.60. The Morgan fingerprint density at radius 3 is 2.57 bits per heavy atom. The number of aromatic nitrogens is 1. The standard InChI is InChI=1S/C14H10Cl2N2O3/c1-7-2-3-8(4-9(7)14(20)21)18-13(19)10-5-12(16)17-6-11(10)15/h2-6H,1H3,(H,18,19)(H,20,21). The van der Waals surface area contributed by atoms with Crippen LogP contribution >= 0.6 is 23.2 Å². The highest BCUT2D eigenvalue weighted by atomic mass is 35.5. The maximum atomic E-state index is 12.1. The fourth-order valence-electron chi connectivity index (χ4n) is 1.72. The third-order valence-electron chi connectivity index (χ3n) is 2.79. The zero-order valence-corrected chi connectivity index (χ0v) is 12.4. The van der Waals surface area contributed by atoms with E-state index in [1.165, 1.54) is 18.3 Å². The maximum Gasteiger partial charge on any atom is 0.336 e. The number of halogens is 2. The highest BCUT2D eigenvalue weighted by Gasteiger charge is 2.14. The lowest BCUT2D eigenvalue weighted by Crippen LogP contribution is -2.13. The van der Waals surface area contributed by atoms with Crippen molar-refractivity contribution in [2.45, 2.75) is 6.92 Å². The van der Waals surface area contributed by atoms with Gasteiger partial charge in [-0.3, -0.25) is 4.79 Å². The van der Waals surface area contributed by atoms with E-state index in [4.69, 9.17) is 28.3 Å². The van der Waals surface area contributed by atoms with Gasteiger partial charge in [0.15, 0.2) is 0 Å².